The van der Waals surface area contributed by atoms with E-state index >= 15 is 0 Å². The third-order valence-electron chi connectivity index (χ3n) is 2.47. The number of hydrogen-bond donors (Lipinski definition) is 2. The van der Waals surface area contributed by atoms with Crippen LogP contribution in [-0.2, 0) is 10.0 Å². The molecule has 2 N–H and O–H groups in total. The maximum Gasteiger partial charge on any atom is 0.338 e. The highest BCUT2D eigenvalue weighted by molar-refractivity contribution is 7.92. The SMILES string of the molecule is O=C(O)c1ccc(NS(=O)(=O)c2cccnc2Cl)cc1F. The Bertz CT molecular complexity index is 811. The number of anilines is 1. The van der Waals surface area contributed by atoms with E-state index < -0.39 is 27.4 Å². The number of nitrogens with one attached hydrogen (secondary N) is 1. The first kappa shape index (κ1) is 15.2. The molecule has 9 heteroatoms. The summed E-state index contributed by atoms with van der Waals surface area (Å²) in [5.41, 5.74) is -0.685. The minimum atomic E-state index is -4.05. The van der Waals surface area contributed by atoms with Crippen LogP contribution in [0.25, 0.3) is 0 Å². The number of carboxylic acids is 1. The summed E-state index contributed by atoms with van der Waals surface area (Å²) in [6.07, 6.45) is 1.32. The van der Waals surface area contributed by atoms with Crippen molar-refractivity contribution >= 4 is 33.3 Å². The van der Waals surface area contributed by atoms with Crippen molar-refractivity contribution < 1.29 is 22.7 Å². The van der Waals surface area contributed by atoms with E-state index in [9.17, 15) is 17.6 Å². The zero-order chi connectivity index (χ0) is 15.6. The van der Waals surface area contributed by atoms with Gasteiger partial charge in [0.1, 0.15) is 15.9 Å². The fraction of sp³-hybridized carbons (Fsp3) is 0. The second-order valence-electron chi connectivity index (χ2n) is 3.90. The van der Waals surface area contributed by atoms with Crippen molar-refractivity contribution in [2.75, 3.05) is 4.72 Å². The Balaban J connectivity index is 2.36. The number of halogens is 2. The van der Waals surface area contributed by atoms with Crippen LogP contribution in [0.3, 0.4) is 0 Å². The summed E-state index contributed by atoms with van der Waals surface area (Å²) < 4.78 is 39.8. The van der Waals surface area contributed by atoms with E-state index in [1.54, 1.807) is 0 Å². The van der Waals surface area contributed by atoms with Gasteiger partial charge in [0.15, 0.2) is 0 Å². The first-order valence-corrected chi connectivity index (χ1v) is 7.33. The number of sulfonamides is 1. The van der Waals surface area contributed by atoms with Crippen molar-refractivity contribution in [3.05, 3.63) is 53.1 Å². The van der Waals surface area contributed by atoms with Crippen LogP contribution in [0.1, 0.15) is 10.4 Å². The first-order valence-electron chi connectivity index (χ1n) is 5.47. The summed E-state index contributed by atoms with van der Waals surface area (Å²) in [5, 5.41) is 8.47. The summed E-state index contributed by atoms with van der Waals surface area (Å²) in [6, 6.07) is 5.48. The molecule has 0 saturated carbocycles. The number of aromatic nitrogens is 1. The molecule has 1 aromatic carbocycles. The monoisotopic (exact) mass is 330 g/mol. The molecule has 0 fully saturated rings. The van der Waals surface area contributed by atoms with E-state index in [1.807, 2.05) is 0 Å². The molecule has 0 bridgehead atoms. The molecule has 21 heavy (non-hydrogen) atoms. The second-order valence-corrected chi connectivity index (χ2v) is 5.91. The molecule has 0 radical (unpaired) electrons. The average Bonchev–Trinajstić information content (AvgIpc) is 2.38. The number of benzene rings is 1. The number of pyridine rings is 1. The lowest BCUT2D eigenvalue weighted by Crippen LogP contribution is -2.14. The molecule has 2 rings (SSSR count). The quantitative estimate of drug-likeness (QED) is 0.839. The number of aromatic carboxylic acids is 1. The third kappa shape index (κ3) is 3.29. The van der Waals surface area contributed by atoms with Gasteiger partial charge in [-0.2, -0.15) is 0 Å². The number of rotatable bonds is 4. The predicted molar refractivity (Wildman–Crippen MR) is 73.4 cm³/mol. The van der Waals surface area contributed by atoms with Crippen LogP contribution >= 0.6 is 11.6 Å². The Kier molecular flexibility index (Phi) is 4.10. The molecule has 0 aliphatic carbocycles. The van der Waals surface area contributed by atoms with Crippen molar-refractivity contribution in [2.24, 2.45) is 0 Å². The van der Waals surface area contributed by atoms with Crippen molar-refractivity contribution in [2.45, 2.75) is 4.90 Å². The molecule has 1 aromatic heterocycles. The number of nitrogens with zero attached hydrogens (tertiary/aromatic N) is 1. The summed E-state index contributed by atoms with van der Waals surface area (Å²) in [5.74, 6) is -2.50. The fourth-order valence-corrected chi connectivity index (χ4v) is 3.04. The van der Waals surface area contributed by atoms with Gasteiger partial charge in [-0.15, -0.1) is 0 Å². The van der Waals surface area contributed by atoms with Crippen molar-refractivity contribution in [3.63, 3.8) is 0 Å². The zero-order valence-electron chi connectivity index (χ0n) is 10.2. The van der Waals surface area contributed by atoms with Gasteiger partial charge in [-0.05, 0) is 30.3 Å². The minimum Gasteiger partial charge on any atom is -0.478 e. The van der Waals surface area contributed by atoms with Gasteiger partial charge >= 0.3 is 5.97 Å². The highest BCUT2D eigenvalue weighted by Gasteiger charge is 2.19. The number of hydrogen-bond acceptors (Lipinski definition) is 4. The van der Waals surface area contributed by atoms with Crippen LogP contribution < -0.4 is 4.72 Å². The standard InChI is InChI=1S/C12H8ClFN2O4S/c13-11-10(2-1-5-15-11)21(19,20)16-7-3-4-8(12(17)18)9(14)6-7/h1-6,16H,(H,17,18). The van der Waals surface area contributed by atoms with E-state index in [-0.39, 0.29) is 15.7 Å². The molecule has 0 spiro atoms. The lowest BCUT2D eigenvalue weighted by atomic mass is 10.2. The van der Waals surface area contributed by atoms with Gasteiger partial charge in [0.05, 0.1) is 11.3 Å². The summed E-state index contributed by atoms with van der Waals surface area (Å²) in [4.78, 5) is 14.0. The van der Waals surface area contributed by atoms with Crippen LogP contribution in [-0.4, -0.2) is 24.5 Å². The number of carboxylic acid groups (broad SMARTS) is 1. The van der Waals surface area contributed by atoms with Gasteiger partial charge in [0.2, 0.25) is 0 Å². The van der Waals surface area contributed by atoms with E-state index in [4.69, 9.17) is 16.7 Å². The van der Waals surface area contributed by atoms with Crippen LogP contribution in [0.2, 0.25) is 5.15 Å². The number of carbonyl (C=O) groups is 1. The smallest absolute Gasteiger partial charge is 0.338 e. The fourth-order valence-electron chi connectivity index (χ4n) is 1.53. The molecule has 0 aliphatic rings. The molecule has 0 saturated heterocycles. The molecular formula is C12H8ClFN2O4S. The molecule has 1 heterocycles. The summed E-state index contributed by atoms with van der Waals surface area (Å²) >= 11 is 5.69. The lowest BCUT2D eigenvalue weighted by Gasteiger charge is -2.09. The van der Waals surface area contributed by atoms with Crippen LogP contribution in [0, 0.1) is 5.82 Å². The van der Waals surface area contributed by atoms with Crippen LogP contribution in [0.5, 0.6) is 0 Å². The second kappa shape index (κ2) is 5.66. The Hall–Kier alpha value is -2.19. The van der Waals surface area contributed by atoms with E-state index in [0.29, 0.717) is 0 Å². The maximum atomic E-state index is 13.5. The Morgan fingerprint density at radius 1 is 1.33 bits per heavy atom. The molecule has 0 aliphatic heterocycles. The molecule has 6 nitrogen and oxygen atoms in total. The van der Waals surface area contributed by atoms with Crippen molar-refractivity contribution in [1.29, 1.82) is 0 Å². The first-order chi connectivity index (χ1) is 9.81. The molecule has 2 aromatic rings. The van der Waals surface area contributed by atoms with Crippen molar-refractivity contribution in [1.82, 2.24) is 4.98 Å². The van der Waals surface area contributed by atoms with Crippen LogP contribution in [0.15, 0.2) is 41.4 Å². The topological polar surface area (TPSA) is 96.4 Å². The summed E-state index contributed by atoms with van der Waals surface area (Å²) in [7, 11) is -4.05. The lowest BCUT2D eigenvalue weighted by molar-refractivity contribution is 0.0692. The van der Waals surface area contributed by atoms with Gasteiger partial charge < -0.3 is 5.11 Å². The Morgan fingerprint density at radius 3 is 2.62 bits per heavy atom. The molecule has 0 amide bonds. The molecule has 0 unspecified atom stereocenters. The van der Waals surface area contributed by atoms with E-state index in [2.05, 4.69) is 9.71 Å². The van der Waals surface area contributed by atoms with Crippen molar-refractivity contribution in [3.8, 4) is 0 Å². The maximum absolute atomic E-state index is 13.5. The average molecular weight is 331 g/mol. The molecule has 110 valence electrons. The molecular weight excluding hydrogens is 323 g/mol. The third-order valence-corrected chi connectivity index (χ3v) is 4.29. The van der Waals surface area contributed by atoms with E-state index in [0.717, 1.165) is 18.2 Å². The van der Waals surface area contributed by atoms with Gasteiger partial charge in [-0.3, -0.25) is 4.72 Å². The summed E-state index contributed by atoms with van der Waals surface area (Å²) in [6.45, 7) is 0. The van der Waals surface area contributed by atoms with Gasteiger partial charge in [-0.25, -0.2) is 22.6 Å². The Labute approximate surface area is 124 Å². The van der Waals surface area contributed by atoms with Gasteiger partial charge in [-0.1, -0.05) is 11.6 Å². The van der Waals surface area contributed by atoms with Gasteiger partial charge in [0, 0.05) is 6.20 Å². The molecule has 0 atom stereocenters. The van der Waals surface area contributed by atoms with Crippen LogP contribution in [0.4, 0.5) is 10.1 Å². The predicted octanol–water partition coefficient (Wildman–Crippen LogP) is 2.37. The Morgan fingerprint density at radius 2 is 2.05 bits per heavy atom. The van der Waals surface area contributed by atoms with Gasteiger partial charge in [0.25, 0.3) is 10.0 Å². The highest BCUT2D eigenvalue weighted by atomic mass is 35.5. The normalized spacial score (nSPS) is 11.1. The largest absolute Gasteiger partial charge is 0.478 e. The van der Waals surface area contributed by atoms with E-state index in [1.165, 1.54) is 18.3 Å². The minimum absolute atomic E-state index is 0.127. The highest BCUT2D eigenvalue weighted by Crippen LogP contribution is 2.22. The zero-order valence-corrected chi connectivity index (χ0v) is 11.8.